The van der Waals surface area contributed by atoms with E-state index in [2.05, 4.69) is 20.9 Å². The van der Waals surface area contributed by atoms with Gasteiger partial charge in [0, 0.05) is 38.1 Å². The molecule has 9 heteroatoms. The Balaban J connectivity index is 1.41. The van der Waals surface area contributed by atoms with E-state index in [9.17, 15) is 14.3 Å². The molecule has 0 unspecified atom stereocenters. The summed E-state index contributed by atoms with van der Waals surface area (Å²) in [6, 6.07) is 10.6. The number of likely N-dealkylation sites (tertiary alicyclic amines) is 1. The zero-order valence-electron chi connectivity index (χ0n) is 19.4. The van der Waals surface area contributed by atoms with Gasteiger partial charge in [-0.2, -0.15) is 10.4 Å². The number of carboxylic acids is 1. The molecule has 8 nitrogen and oxygen atoms in total. The standard InChI is InChI=1S/C26H27FN6O2/c27-18-4-6-20(7-5-18)33-25-23(24(30-33)17-2-1-3-17)22(12-21(29-25)26(34)35)31-10-8-19(9-11-31)32-14-16(13-28)15-32/h4-7,12,16-17,19H,1-3,8-11,14-15H2,(H,34,35). The number of nitriles is 1. The zero-order valence-corrected chi connectivity index (χ0v) is 19.4. The number of anilines is 1. The third kappa shape index (κ3) is 3.82. The van der Waals surface area contributed by atoms with Gasteiger partial charge in [0.15, 0.2) is 11.3 Å². The first-order valence-corrected chi connectivity index (χ1v) is 12.3. The monoisotopic (exact) mass is 474 g/mol. The second-order valence-electron chi connectivity index (χ2n) is 9.93. The van der Waals surface area contributed by atoms with Crippen LogP contribution in [0.4, 0.5) is 10.1 Å². The second-order valence-corrected chi connectivity index (χ2v) is 9.93. The van der Waals surface area contributed by atoms with Gasteiger partial charge in [-0.05, 0) is 56.0 Å². The number of benzene rings is 1. The predicted molar refractivity (Wildman–Crippen MR) is 128 cm³/mol. The van der Waals surface area contributed by atoms with Crippen molar-refractivity contribution in [2.75, 3.05) is 31.1 Å². The van der Waals surface area contributed by atoms with E-state index >= 15 is 0 Å². The summed E-state index contributed by atoms with van der Waals surface area (Å²) in [6.07, 6.45) is 5.18. The van der Waals surface area contributed by atoms with Crippen molar-refractivity contribution in [3.8, 4) is 11.8 Å². The molecular formula is C26H27FN6O2. The summed E-state index contributed by atoms with van der Waals surface area (Å²) in [5.74, 6) is -0.955. The van der Waals surface area contributed by atoms with E-state index in [0.717, 1.165) is 75.1 Å². The first-order valence-electron chi connectivity index (χ1n) is 12.3. The molecule has 0 radical (unpaired) electrons. The summed E-state index contributed by atoms with van der Waals surface area (Å²) in [4.78, 5) is 21.2. The van der Waals surface area contributed by atoms with E-state index in [1.807, 2.05) is 0 Å². The van der Waals surface area contributed by atoms with Crippen LogP contribution in [-0.2, 0) is 0 Å². The van der Waals surface area contributed by atoms with E-state index in [-0.39, 0.29) is 17.4 Å². The maximum absolute atomic E-state index is 13.6. The van der Waals surface area contributed by atoms with Gasteiger partial charge in [0.1, 0.15) is 5.82 Å². The van der Waals surface area contributed by atoms with Crippen LogP contribution in [0.2, 0.25) is 0 Å². The number of aromatic nitrogens is 3. The Kier molecular flexibility index (Phi) is 5.41. The molecule has 4 heterocycles. The molecular weight excluding hydrogens is 447 g/mol. The molecule has 1 N–H and O–H groups in total. The van der Waals surface area contributed by atoms with Crippen LogP contribution in [0.5, 0.6) is 0 Å². The largest absolute Gasteiger partial charge is 0.477 e. The Morgan fingerprint density at radius 3 is 2.43 bits per heavy atom. The average Bonchev–Trinajstić information content (AvgIpc) is 3.17. The molecule has 3 fully saturated rings. The van der Waals surface area contributed by atoms with Crippen LogP contribution in [0.3, 0.4) is 0 Å². The van der Waals surface area contributed by atoms with Gasteiger partial charge in [-0.25, -0.2) is 18.9 Å². The molecule has 2 aliphatic heterocycles. The van der Waals surface area contributed by atoms with Gasteiger partial charge in [0.2, 0.25) is 0 Å². The lowest BCUT2D eigenvalue weighted by atomic mass is 9.82. The highest BCUT2D eigenvalue weighted by Gasteiger charge is 2.36. The molecule has 1 saturated carbocycles. The SMILES string of the molecule is N#CC1CN(C2CCN(c3cc(C(=O)O)nc4c3c(C3CCC3)nn4-c3ccc(F)cc3)CC2)C1. The smallest absolute Gasteiger partial charge is 0.354 e. The number of nitrogens with zero attached hydrogens (tertiary/aromatic N) is 6. The van der Waals surface area contributed by atoms with Crippen molar-refractivity contribution in [2.24, 2.45) is 5.92 Å². The molecule has 1 aliphatic carbocycles. The molecule has 35 heavy (non-hydrogen) atoms. The van der Waals surface area contributed by atoms with Crippen LogP contribution in [0.25, 0.3) is 16.7 Å². The Labute approximate surface area is 202 Å². The van der Waals surface area contributed by atoms with E-state index in [1.165, 1.54) is 12.1 Å². The molecule has 3 aliphatic rings. The molecule has 0 atom stereocenters. The summed E-state index contributed by atoms with van der Waals surface area (Å²) in [5.41, 5.74) is 2.98. The van der Waals surface area contributed by atoms with Gasteiger partial charge in [0.25, 0.3) is 0 Å². The van der Waals surface area contributed by atoms with E-state index in [4.69, 9.17) is 10.4 Å². The second kappa shape index (κ2) is 8.61. The summed E-state index contributed by atoms with van der Waals surface area (Å²) in [6.45, 7) is 3.31. The van der Waals surface area contributed by atoms with Crippen molar-refractivity contribution in [3.05, 3.63) is 47.5 Å². The fourth-order valence-corrected chi connectivity index (χ4v) is 5.58. The number of rotatable bonds is 5. The minimum absolute atomic E-state index is 0.0161. The molecule has 2 aromatic heterocycles. The number of carboxylic acid groups (broad SMARTS) is 1. The number of pyridine rings is 1. The number of carbonyl (C=O) groups is 1. The number of aromatic carboxylic acids is 1. The van der Waals surface area contributed by atoms with Crippen LogP contribution in [0.15, 0.2) is 30.3 Å². The van der Waals surface area contributed by atoms with E-state index in [0.29, 0.717) is 23.3 Å². The van der Waals surface area contributed by atoms with Crippen molar-refractivity contribution in [1.82, 2.24) is 19.7 Å². The summed E-state index contributed by atoms with van der Waals surface area (Å²) in [5, 5.41) is 24.8. The van der Waals surface area contributed by atoms with Crippen molar-refractivity contribution in [2.45, 2.75) is 44.1 Å². The number of fused-ring (bicyclic) bond motifs is 1. The van der Waals surface area contributed by atoms with Crippen molar-refractivity contribution in [3.63, 3.8) is 0 Å². The molecule has 180 valence electrons. The highest BCUT2D eigenvalue weighted by atomic mass is 19.1. The molecule has 6 rings (SSSR count). The van der Waals surface area contributed by atoms with Crippen LogP contribution < -0.4 is 4.90 Å². The minimum Gasteiger partial charge on any atom is -0.477 e. The average molecular weight is 475 g/mol. The topological polar surface area (TPSA) is 98.3 Å². The van der Waals surface area contributed by atoms with Crippen molar-refractivity contribution >= 4 is 22.7 Å². The third-order valence-electron chi connectivity index (χ3n) is 7.84. The number of hydrogen-bond donors (Lipinski definition) is 1. The fraction of sp³-hybridized carbons (Fsp3) is 0.462. The molecule has 1 aromatic carbocycles. The molecule has 0 bridgehead atoms. The predicted octanol–water partition coefficient (Wildman–Crippen LogP) is 3.95. The Bertz CT molecular complexity index is 1310. The summed E-state index contributed by atoms with van der Waals surface area (Å²) >= 11 is 0. The molecule has 0 amide bonds. The lowest BCUT2D eigenvalue weighted by Crippen LogP contribution is -2.54. The van der Waals surface area contributed by atoms with Gasteiger partial charge < -0.3 is 10.0 Å². The minimum atomic E-state index is -1.08. The molecule has 2 saturated heterocycles. The number of halogens is 1. The van der Waals surface area contributed by atoms with Gasteiger partial charge in [-0.3, -0.25) is 4.90 Å². The van der Waals surface area contributed by atoms with Gasteiger partial charge in [-0.1, -0.05) is 6.42 Å². The maximum Gasteiger partial charge on any atom is 0.354 e. The first kappa shape index (κ1) is 22.0. The normalized spacial score (nSPS) is 19.9. The molecule has 0 spiro atoms. The Morgan fingerprint density at radius 1 is 1.11 bits per heavy atom. The number of piperidine rings is 1. The fourth-order valence-electron chi connectivity index (χ4n) is 5.58. The maximum atomic E-state index is 13.6. The lowest BCUT2D eigenvalue weighted by molar-refractivity contribution is 0.0665. The molecule has 3 aromatic rings. The van der Waals surface area contributed by atoms with Crippen LogP contribution in [0, 0.1) is 23.1 Å². The zero-order chi connectivity index (χ0) is 24.1. The van der Waals surface area contributed by atoms with Crippen LogP contribution >= 0.6 is 0 Å². The summed E-state index contributed by atoms with van der Waals surface area (Å²) < 4.78 is 15.3. The van der Waals surface area contributed by atoms with E-state index in [1.54, 1.807) is 22.9 Å². The number of hydrogen-bond acceptors (Lipinski definition) is 6. The summed E-state index contributed by atoms with van der Waals surface area (Å²) in [7, 11) is 0. The van der Waals surface area contributed by atoms with Crippen LogP contribution in [0.1, 0.15) is 54.2 Å². The van der Waals surface area contributed by atoms with Crippen molar-refractivity contribution < 1.29 is 14.3 Å². The quantitative estimate of drug-likeness (QED) is 0.598. The van der Waals surface area contributed by atoms with Gasteiger partial charge in [0.05, 0.1) is 34.4 Å². The lowest BCUT2D eigenvalue weighted by Gasteiger charge is -2.45. The van der Waals surface area contributed by atoms with Gasteiger partial charge >= 0.3 is 5.97 Å². The van der Waals surface area contributed by atoms with Gasteiger partial charge in [-0.15, -0.1) is 0 Å². The van der Waals surface area contributed by atoms with Crippen molar-refractivity contribution in [1.29, 1.82) is 5.26 Å². The highest BCUT2D eigenvalue weighted by molar-refractivity contribution is 5.98. The first-order chi connectivity index (χ1) is 17.0. The Hall–Kier alpha value is -3.51. The highest BCUT2D eigenvalue weighted by Crippen LogP contribution is 2.43. The Morgan fingerprint density at radius 2 is 1.83 bits per heavy atom. The third-order valence-corrected chi connectivity index (χ3v) is 7.84. The van der Waals surface area contributed by atoms with Crippen LogP contribution in [-0.4, -0.2) is 63.0 Å². The van der Waals surface area contributed by atoms with E-state index < -0.39 is 5.97 Å².